The summed E-state index contributed by atoms with van der Waals surface area (Å²) in [6.45, 7) is 8.31. The minimum Gasteiger partial charge on any atom is -0.496 e. The van der Waals surface area contributed by atoms with E-state index in [1.807, 2.05) is 32.1 Å². The van der Waals surface area contributed by atoms with Gasteiger partial charge in [0.2, 0.25) is 17.7 Å². The summed E-state index contributed by atoms with van der Waals surface area (Å²) in [4.78, 5) is 38.9. The van der Waals surface area contributed by atoms with E-state index in [2.05, 4.69) is 25.2 Å². The molecular formula is C24H32N2O4. The summed E-state index contributed by atoms with van der Waals surface area (Å²) >= 11 is 0. The highest BCUT2D eigenvalue weighted by Crippen LogP contribution is 2.35. The molecule has 1 aromatic carbocycles. The van der Waals surface area contributed by atoms with Gasteiger partial charge in [0.1, 0.15) is 5.75 Å². The molecule has 6 nitrogen and oxygen atoms in total. The lowest BCUT2D eigenvalue weighted by Gasteiger charge is -2.21. The van der Waals surface area contributed by atoms with Crippen LogP contribution in [0.3, 0.4) is 0 Å². The Morgan fingerprint density at radius 3 is 2.23 bits per heavy atom. The van der Waals surface area contributed by atoms with Crippen molar-refractivity contribution in [3.8, 4) is 5.75 Å². The molecule has 1 heterocycles. The molecule has 0 bridgehead atoms. The summed E-state index contributed by atoms with van der Waals surface area (Å²) in [5.41, 5.74) is 3.19. The lowest BCUT2D eigenvalue weighted by Crippen LogP contribution is -2.36. The van der Waals surface area contributed by atoms with Crippen LogP contribution >= 0.6 is 0 Å². The number of imide groups is 1. The number of ether oxygens (including phenoxy) is 1. The lowest BCUT2D eigenvalue weighted by molar-refractivity contribution is -0.140. The van der Waals surface area contributed by atoms with Crippen molar-refractivity contribution in [1.82, 2.24) is 10.2 Å². The van der Waals surface area contributed by atoms with Crippen molar-refractivity contribution in [3.05, 3.63) is 41.0 Å². The summed E-state index contributed by atoms with van der Waals surface area (Å²) in [7, 11) is 1.67. The molecule has 2 aliphatic rings. The molecule has 1 saturated heterocycles. The second kappa shape index (κ2) is 9.02. The Morgan fingerprint density at radius 2 is 1.70 bits per heavy atom. The second-order valence-electron chi connectivity index (χ2n) is 8.63. The van der Waals surface area contributed by atoms with Gasteiger partial charge in [0.15, 0.2) is 0 Å². The highest BCUT2D eigenvalue weighted by molar-refractivity contribution is 6.05. The maximum atomic E-state index is 12.6. The average Bonchev–Trinajstić information content (AvgIpc) is 2.96. The number of carbonyl (C=O) groups is 3. The van der Waals surface area contributed by atoms with Gasteiger partial charge in [0.25, 0.3) is 0 Å². The molecule has 0 saturated carbocycles. The van der Waals surface area contributed by atoms with Crippen LogP contribution in [0, 0.1) is 18.8 Å². The van der Waals surface area contributed by atoms with E-state index in [0.29, 0.717) is 18.8 Å². The summed E-state index contributed by atoms with van der Waals surface area (Å²) in [5.74, 6) is 0.212. The van der Waals surface area contributed by atoms with E-state index in [0.717, 1.165) is 22.4 Å². The normalized spacial score (nSPS) is 21.7. The number of amides is 3. The largest absolute Gasteiger partial charge is 0.496 e. The van der Waals surface area contributed by atoms with Gasteiger partial charge in [-0.15, -0.1) is 0 Å². The number of benzene rings is 1. The first-order valence-corrected chi connectivity index (χ1v) is 10.7. The first kappa shape index (κ1) is 22.1. The smallest absolute Gasteiger partial charge is 0.233 e. The maximum absolute atomic E-state index is 12.6. The van der Waals surface area contributed by atoms with Gasteiger partial charge in [-0.2, -0.15) is 0 Å². The zero-order valence-corrected chi connectivity index (χ0v) is 18.5. The Bertz CT molecular complexity index is 848. The number of likely N-dealkylation sites (tertiary alicyclic amines) is 1. The molecular weight excluding hydrogens is 380 g/mol. The van der Waals surface area contributed by atoms with Crippen molar-refractivity contribution >= 4 is 17.7 Å². The molecule has 0 aromatic heterocycles. The van der Waals surface area contributed by atoms with Gasteiger partial charge in [-0.25, -0.2) is 0 Å². The number of methoxy groups -OCH3 is 1. The SMILES string of the molecule is COc1cc(C)c([C@@H](C)NC(=O)CCN2C(=O)[C@H]3CC=CC[C@H]3C2=O)cc1C(C)C. The number of aryl methyl sites for hydroxylation is 1. The fourth-order valence-electron chi connectivity index (χ4n) is 4.50. The summed E-state index contributed by atoms with van der Waals surface area (Å²) in [6, 6.07) is 3.91. The quantitative estimate of drug-likeness (QED) is 0.548. The molecule has 3 amide bonds. The predicted octanol–water partition coefficient (Wildman–Crippen LogP) is 3.65. The van der Waals surface area contributed by atoms with Crippen LogP contribution in [-0.2, 0) is 14.4 Å². The van der Waals surface area contributed by atoms with Crippen LogP contribution < -0.4 is 10.1 Å². The van der Waals surface area contributed by atoms with Gasteiger partial charge in [0, 0.05) is 13.0 Å². The van der Waals surface area contributed by atoms with Crippen LogP contribution in [-0.4, -0.2) is 36.3 Å². The standard InChI is InChI=1S/C24H32N2O4/c1-14(2)19-13-20(15(3)12-21(19)30-5)16(4)25-22(27)10-11-26-23(28)17-8-6-7-9-18(17)24(26)29/h6-7,12-14,16-18H,8-11H2,1-5H3,(H,25,27)/t16-,17-,18+/m1/s1. The molecule has 1 aliphatic heterocycles. The highest BCUT2D eigenvalue weighted by Gasteiger charge is 2.46. The molecule has 6 heteroatoms. The van der Waals surface area contributed by atoms with E-state index in [4.69, 9.17) is 4.74 Å². The van der Waals surface area contributed by atoms with Crippen molar-refractivity contribution in [1.29, 1.82) is 0 Å². The Labute approximate surface area is 178 Å². The van der Waals surface area contributed by atoms with Crippen molar-refractivity contribution in [2.45, 2.75) is 58.9 Å². The number of nitrogens with one attached hydrogen (secondary N) is 1. The minimum atomic E-state index is -0.249. The van der Waals surface area contributed by atoms with Crippen LogP contribution in [0.1, 0.15) is 68.7 Å². The topological polar surface area (TPSA) is 75.7 Å². The summed E-state index contributed by atoms with van der Waals surface area (Å²) in [5, 5.41) is 3.02. The Balaban J connectivity index is 1.62. The molecule has 0 spiro atoms. The van der Waals surface area contributed by atoms with Crippen molar-refractivity contribution in [2.24, 2.45) is 11.8 Å². The third-order valence-corrected chi connectivity index (χ3v) is 6.25. The number of carbonyl (C=O) groups excluding carboxylic acids is 3. The molecule has 0 unspecified atom stereocenters. The van der Waals surface area contributed by atoms with Crippen molar-refractivity contribution in [2.75, 3.05) is 13.7 Å². The zero-order valence-electron chi connectivity index (χ0n) is 18.5. The predicted molar refractivity (Wildman–Crippen MR) is 115 cm³/mol. The Kier molecular flexibility index (Phi) is 6.64. The van der Waals surface area contributed by atoms with Crippen LogP contribution in [0.4, 0.5) is 0 Å². The van der Waals surface area contributed by atoms with Gasteiger partial charge in [-0.05, 0) is 61.4 Å². The van der Waals surface area contributed by atoms with Crippen molar-refractivity contribution in [3.63, 3.8) is 0 Å². The number of fused-ring (bicyclic) bond motifs is 1. The first-order chi connectivity index (χ1) is 14.2. The number of allylic oxidation sites excluding steroid dienone is 2. The van der Waals surface area contributed by atoms with Crippen LogP contribution in [0.25, 0.3) is 0 Å². The second-order valence-corrected chi connectivity index (χ2v) is 8.63. The van der Waals surface area contributed by atoms with Gasteiger partial charge in [-0.1, -0.05) is 26.0 Å². The molecule has 30 heavy (non-hydrogen) atoms. The van der Waals surface area contributed by atoms with E-state index in [1.54, 1.807) is 7.11 Å². The van der Waals surface area contributed by atoms with E-state index < -0.39 is 0 Å². The molecule has 0 radical (unpaired) electrons. The van der Waals surface area contributed by atoms with E-state index in [-0.39, 0.29) is 48.6 Å². The third-order valence-electron chi connectivity index (χ3n) is 6.25. The Hall–Kier alpha value is -2.63. The summed E-state index contributed by atoms with van der Waals surface area (Å²) < 4.78 is 5.50. The fraction of sp³-hybridized carbons (Fsp3) is 0.542. The van der Waals surface area contributed by atoms with Gasteiger partial charge >= 0.3 is 0 Å². The van der Waals surface area contributed by atoms with Crippen LogP contribution in [0.5, 0.6) is 5.75 Å². The maximum Gasteiger partial charge on any atom is 0.233 e. The van der Waals surface area contributed by atoms with Gasteiger partial charge in [0.05, 0.1) is 25.0 Å². The fourth-order valence-corrected chi connectivity index (χ4v) is 4.50. The summed E-state index contributed by atoms with van der Waals surface area (Å²) in [6.07, 6.45) is 5.27. The number of nitrogens with zero attached hydrogens (tertiary/aromatic N) is 1. The van der Waals surface area contributed by atoms with E-state index in [9.17, 15) is 14.4 Å². The molecule has 1 fully saturated rings. The molecule has 3 atom stereocenters. The van der Waals surface area contributed by atoms with Crippen molar-refractivity contribution < 1.29 is 19.1 Å². The molecule has 3 rings (SSSR count). The van der Waals surface area contributed by atoms with E-state index >= 15 is 0 Å². The lowest BCUT2D eigenvalue weighted by atomic mass is 9.85. The number of hydrogen-bond donors (Lipinski definition) is 1. The molecule has 1 aromatic rings. The number of rotatable bonds is 7. The highest BCUT2D eigenvalue weighted by atomic mass is 16.5. The van der Waals surface area contributed by atoms with E-state index in [1.165, 1.54) is 4.90 Å². The monoisotopic (exact) mass is 412 g/mol. The Morgan fingerprint density at radius 1 is 1.10 bits per heavy atom. The third kappa shape index (κ3) is 4.27. The van der Waals surface area contributed by atoms with Gasteiger partial charge in [-0.3, -0.25) is 19.3 Å². The molecule has 1 N–H and O–H groups in total. The molecule has 162 valence electrons. The van der Waals surface area contributed by atoms with Crippen LogP contribution in [0.15, 0.2) is 24.3 Å². The number of hydrogen-bond acceptors (Lipinski definition) is 4. The molecule has 1 aliphatic carbocycles. The average molecular weight is 413 g/mol. The minimum absolute atomic E-state index is 0.112. The first-order valence-electron chi connectivity index (χ1n) is 10.7. The zero-order chi connectivity index (χ0) is 22.0. The van der Waals surface area contributed by atoms with Gasteiger partial charge < -0.3 is 10.1 Å². The van der Waals surface area contributed by atoms with Crippen LogP contribution in [0.2, 0.25) is 0 Å².